The second-order valence-electron chi connectivity index (χ2n) is 1.47. The van der Waals surface area contributed by atoms with Gasteiger partial charge in [-0.25, -0.2) is 4.79 Å². The summed E-state index contributed by atoms with van der Waals surface area (Å²) in [5, 5.41) is 6.99. The van der Waals surface area contributed by atoms with E-state index in [9.17, 15) is 4.79 Å². The van der Waals surface area contributed by atoms with Gasteiger partial charge < -0.3 is 4.74 Å². The highest BCUT2D eigenvalue weighted by Crippen LogP contribution is 2.30. The van der Waals surface area contributed by atoms with Crippen molar-refractivity contribution in [1.82, 2.24) is 10.2 Å². The average Bonchev–Trinajstić information content (AvgIpc) is 2.52. The van der Waals surface area contributed by atoms with E-state index < -0.39 is 5.30 Å². The Balaban J connectivity index is 2.58. The highest BCUT2D eigenvalue weighted by Gasteiger charge is 2.09. The third-order valence-corrected chi connectivity index (χ3v) is 3.82. The molecule has 0 fully saturated rings. The Morgan fingerprint density at radius 1 is 1.58 bits per heavy atom. The van der Waals surface area contributed by atoms with Crippen LogP contribution in [0.3, 0.4) is 0 Å². The summed E-state index contributed by atoms with van der Waals surface area (Å²) in [6, 6.07) is 0. The van der Waals surface area contributed by atoms with Gasteiger partial charge in [0.25, 0.3) is 0 Å². The van der Waals surface area contributed by atoms with Crippen molar-refractivity contribution in [3.05, 3.63) is 0 Å². The summed E-state index contributed by atoms with van der Waals surface area (Å²) in [7, 11) is 7.70. The van der Waals surface area contributed by atoms with E-state index in [0.717, 1.165) is 22.7 Å². The van der Waals surface area contributed by atoms with Crippen LogP contribution in [0.4, 0.5) is 4.79 Å². The Labute approximate surface area is 85.5 Å². The molecule has 0 aliphatic rings. The van der Waals surface area contributed by atoms with E-state index in [1.165, 1.54) is 18.4 Å². The molecule has 0 amide bonds. The van der Waals surface area contributed by atoms with Crippen molar-refractivity contribution in [2.24, 2.45) is 0 Å². The fraction of sp³-hybridized carbons (Fsp3) is 0.250. The second kappa shape index (κ2) is 4.90. The van der Waals surface area contributed by atoms with Gasteiger partial charge in [0.1, 0.15) is 0 Å². The molecule has 0 saturated carbocycles. The van der Waals surface area contributed by atoms with Gasteiger partial charge in [-0.2, -0.15) is 0 Å². The van der Waals surface area contributed by atoms with E-state index >= 15 is 0 Å². The summed E-state index contributed by atoms with van der Waals surface area (Å²) in [5.74, 6) is 0. The first-order valence-electron chi connectivity index (χ1n) is 2.64. The quantitative estimate of drug-likeness (QED) is 0.587. The predicted molar refractivity (Wildman–Crippen MR) is 49.9 cm³/mol. The minimum absolute atomic E-state index is 0.405. The molecule has 0 spiro atoms. The smallest absolute Gasteiger partial charge is 0.374 e. The third-order valence-electron chi connectivity index (χ3n) is 0.791. The van der Waals surface area contributed by atoms with Crippen molar-refractivity contribution in [2.75, 3.05) is 7.11 Å². The highest BCUT2D eigenvalue weighted by atomic mass is 35.7. The van der Waals surface area contributed by atoms with Gasteiger partial charge in [0.05, 0.1) is 7.11 Å². The van der Waals surface area contributed by atoms with Crippen molar-refractivity contribution in [3.63, 3.8) is 0 Å². The normalized spacial score (nSPS) is 9.83. The zero-order valence-electron chi connectivity index (χ0n) is 5.81. The van der Waals surface area contributed by atoms with Crippen LogP contribution < -0.4 is 0 Å². The Morgan fingerprint density at radius 2 is 2.25 bits per heavy atom. The molecule has 1 heterocycles. The molecule has 1 rings (SSSR count). The number of hydrogen-bond donors (Lipinski definition) is 0. The SMILES string of the molecule is COC(=O)Sc1nnc(SCl)s1. The molecule has 0 aliphatic heterocycles. The number of nitrogens with zero attached hydrogens (tertiary/aromatic N) is 2. The van der Waals surface area contributed by atoms with Crippen LogP contribution in [0.1, 0.15) is 0 Å². The minimum atomic E-state index is -0.405. The van der Waals surface area contributed by atoms with Crippen molar-refractivity contribution in [2.45, 2.75) is 8.68 Å². The molecule has 0 unspecified atom stereocenters. The molecule has 66 valence electrons. The number of methoxy groups -OCH3 is 1. The summed E-state index contributed by atoms with van der Waals surface area (Å²) in [4.78, 5) is 10.7. The van der Waals surface area contributed by atoms with Crippen molar-refractivity contribution in [3.8, 4) is 0 Å². The van der Waals surface area contributed by atoms with E-state index in [-0.39, 0.29) is 0 Å². The summed E-state index contributed by atoms with van der Waals surface area (Å²) in [6.45, 7) is 0. The molecule has 0 aliphatic carbocycles. The first-order chi connectivity index (χ1) is 5.76. The minimum Gasteiger partial charge on any atom is -0.461 e. The number of hydrogen-bond acceptors (Lipinski definition) is 7. The van der Waals surface area contributed by atoms with Gasteiger partial charge in [-0.05, 0) is 10.7 Å². The maximum Gasteiger partial charge on any atom is 0.374 e. The summed E-state index contributed by atoms with van der Waals surface area (Å²) < 4.78 is 5.57. The van der Waals surface area contributed by atoms with Gasteiger partial charge in [-0.1, -0.05) is 11.3 Å². The molecule has 8 heteroatoms. The topological polar surface area (TPSA) is 52.1 Å². The van der Waals surface area contributed by atoms with Gasteiger partial charge in [-0.15, -0.1) is 10.2 Å². The largest absolute Gasteiger partial charge is 0.461 e. The van der Waals surface area contributed by atoms with Crippen LogP contribution in [0.15, 0.2) is 8.68 Å². The molecule has 0 radical (unpaired) electrons. The van der Waals surface area contributed by atoms with Crippen LogP contribution in [0, 0.1) is 0 Å². The van der Waals surface area contributed by atoms with Crippen LogP contribution in [-0.4, -0.2) is 22.6 Å². The molecule has 0 atom stereocenters. The first kappa shape index (κ1) is 10.1. The molecule has 0 aromatic carbocycles. The second-order valence-corrected chi connectivity index (χ2v) is 4.89. The number of aromatic nitrogens is 2. The number of ether oxygens (including phenoxy) is 1. The van der Waals surface area contributed by atoms with Crippen LogP contribution in [0.5, 0.6) is 0 Å². The summed E-state index contributed by atoms with van der Waals surface area (Å²) >= 11 is 2.14. The molecule has 4 nitrogen and oxygen atoms in total. The molecule has 0 saturated heterocycles. The molecule has 1 aromatic heterocycles. The standard InChI is InChI=1S/C4H3ClN2O2S3/c1-9-4(8)11-2-6-7-3(10-2)12-5/h1H3. The number of halogens is 1. The van der Waals surface area contributed by atoms with Crippen LogP contribution in [0.2, 0.25) is 0 Å². The van der Waals surface area contributed by atoms with E-state index in [4.69, 9.17) is 10.7 Å². The fourth-order valence-electron chi connectivity index (χ4n) is 0.383. The van der Waals surface area contributed by atoms with Gasteiger partial charge in [0.2, 0.25) is 0 Å². The lowest BCUT2D eigenvalue weighted by Crippen LogP contribution is -1.89. The molecule has 0 N–H and O–H groups in total. The molecule has 12 heavy (non-hydrogen) atoms. The number of rotatable bonds is 2. The van der Waals surface area contributed by atoms with Gasteiger partial charge in [-0.3, -0.25) is 0 Å². The van der Waals surface area contributed by atoms with Crippen LogP contribution in [-0.2, 0) is 4.74 Å². The summed E-state index contributed by atoms with van der Waals surface area (Å²) in [6.07, 6.45) is 0. The van der Waals surface area contributed by atoms with E-state index in [1.807, 2.05) is 0 Å². The maximum absolute atomic E-state index is 10.7. The van der Waals surface area contributed by atoms with Crippen molar-refractivity contribution in [1.29, 1.82) is 0 Å². The first-order valence-corrected chi connectivity index (χ1v) is 5.91. The zero-order chi connectivity index (χ0) is 8.97. The average molecular weight is 243 g/mol. The summed E-state index contributed by atoms with van der Waals surface area (Å²) in [5.41, 5.74) is 0. The zero-order valence-corrected chi connectivity index (χ0v) is 9.02. The Bertz CT molecular complexity index is 279. The van der Waals surface area contributed by atoms with E-state index in [2.05, 4.69) is 14.9 Å². The molecular weight excluding hydrogens is 240 g/mol. The van der Waals surface area contributed by atoms with Crippen molar-refractivity contribution >= 4 is 50.1 Å². The van der Waals surface area contributed by atoms with Crippen LogP contribution >= 0.6 is 44.8 Å². The number of carbonyl (C=O) groups excluding carboxylic acids is 1. The predicted octanol–water partition coefficient (Wildman–Crippen LogP) is 2.64. The van der Waals surface area contributed by atoms with Gasteiger partial charge >= 0.3 is 5.30 Å². The fourth-order valence-corrected chi connectivity index (χ4v) is 2.58. The monoisotopic (exact) mass is 242 g/mol. The molecule has 1 aromatic rings. The van der Waals surface area contributed by atoms with Crippen molar-refractivity contribution < 1.29 is 9.53 Å². The number of thioether (sulfide) groups is 1. The number of carbonyl (C=O) groups is 1. The van der Waals surface area contributed by atoms with E-state index in [1.54, 1.807) is 0 Å². The molecule has 0 bridgehead atoms. The van der Waals surface area contributed by atoms with Gasteiger partial charge in [0.15, 0.2) is 8.68 Å². The Hall–Kier alpha value is 0.0200. The van der Waals surface area contributed by atoms with Crippen LogP contribution in [0.25, 0.3) is 0 Å². The Kier molecular flexibility index (Phi) is 4.13. The van der Waals surface area contributed by atoms with E-state index in [0.29, 0.717) is 8.68 Å². The lowest BCUT2D eigenvalue weighted by Gasteiger charge is -1.90. The molecular formula is C4H3ClN2O2S3. The van der Waals surface area contributed by atoms with Gasteiger partial charge in [0, 0.05) is 22.7 Å². The lowest BCUT2D eigenvalue weighted by atomic mass is 11.5. The lowest BCUT2D eigenvalue weighted by molar-refractivity contribution is 0.200. The maximum atomic E-state index is 10.7. The highest BCUT2D eigenvalue weighted by molar-refractivity contribution is 8.22. The Morgan fingerprint density at radius 3 is 2.75 bits per heavy atom. The third kappa shape index (κ3) is 2.81.